The Morgan fingerprint density at radius 1 is 1.36 bits per heavy atom. The van der Waals surface area contributed by atoms with E-state index in [4.69, 9.17) is 23.2 Å². The topological polar surface area (TPSA) is 61.3 Å². The number of aliphatic imine (C=N–C) groups is 1. The van der Waals surface area contributed by atoms with Crippen molar-refractivity contribution in [1.82, 2.24) is 15.6 Å². The van der Waals surface area contributed by atoms with Gasteiger partial charge < -0.3 is 16.0 Å². The Balaban J connectivity index is 1.80. The lowest BCUT2D eigenvalue weighted by molar-refractivity contribution is 0.634. The second-order valence-corrected chi connectivity index (χ2v) is 5.80. The van der Waals surface area contributed by atoms with Gasteiger partial charge in [0.15, 0.2) is 5.96 Å². The molecule has 0 spiro atoms. The molecule has 0 unspecified atom stereocenters. The minimum atomic E-state index is 0.443. The molecule has 1 aliphatic rings. The summed E-state index contributed by atoms with van der Waals surface area (Å²) in [7, 11) is 0. The van der Waals surface area contributed by atoms with Crippen LogP contribution in [0.2, 0.25) is 10.0 Å². The van der Waals surface area contributed by atoms with Gasteiger partial charge in [-0.25, -0.2) is 4.98 Å². The number of pyridine rings is 1. The molecule has 1 aromatic rings. The quantitative estimate of drug-likeness (QED) is 0.322. The van der Waals surface area contributed by atoms with Crippen LogP contribution in [0.25, 0.3) is 0 Å². The van der Waals surface area contributed by atoms with Crippen LogP contribution in [0.4, 0.5) is 5.82 Å². The molecule has 0 aliphatic heterocycles. The molecule has 0 saturated heterocycles. The second-order valence-electron chi connectivity index (χ2n) is 4.96. The summed E-state index contributed by atoms with van der Waals surface area (Å²) >= 11 is 11.9. The zero-order valence-electron chi connectivity index (χ0n) is 12.6. The van der Waals surface area contributed by atoms with E-state index in [-0.39, 0.29) is 0 Å². The number of nitrogens with one attached hydrogen (secondary N) is 3. The zero-order valence-corrected chi connectivity index (χ0v) is 14.1. The van der Waals surface area contributed by atoms with E-state index in [0.29, 0.717) is 35.0 Å². The van der Waals surface area contributed by atoms with Gasteiger partial charge in [-0.05, 0) is 25.8 Å². The van der Waals surface area contributed by atoms with Crippen LogP contribution in [0.1, 0.15) is 19.8 Å². The highest BCUT2D eigenvalue weighted by Crippen LogP contribution is 2.22. The van der Waals surface area contributed by atoms with E-state index < -0.39 is 0 Å². The molecule has 0 saturated carbocycles. The minimum Gasteiger partial charge on any atom is -0.367 e. The number of anilines is 1. The standard InChI is InChI=1S/C15H21Cl2N5/c1-2-18-15(22-12-5-3-4-6-12)20-8-7-19-14-13(17)9-11(16)10-21-14/h3-4,9-10,12H,2,5-8H2,1H3,(H,19,21)(H2,18,20,22). The molecule has 0 fully saturated rings. The van der Waals surface area contributed by atoms with Gasteiger partial charge in [-0.2, -0.15) is 0 Å². The van der Waals surface area contributed by atoms with E-state index in [1.165, 1.54) is 0 Å². The van der Waals surface area contributed by atoms with Crippen LogP contribution in [0, 0.1) is 0 Å². The van der Waals surface area contributed by atoms with Crippen LogP contribution in [-0.4, -0.2) is 36.6 Å². The maximum Gasteiger partial charge on any atom is 0.191 e. The van der Waals surface area contributed by atoms with Gasteiger partial charge in [0.2, 0.25) is 0 Å². The fourth-order valence-corrected chi connectivity index (χ4v) is 2.58. The van der Waals surface area contributed by atoms with E-state index in [1.807, 2.05) is 0 Å². The highest BCUT2D eigenvalue weighted by atomic mass is 35.5. The summed E-state index contributed by atoms with van der Waals surface area (Å²) in [5, 5.41) is 10.9. The molecule has 0 radical (unpaired) electrons. The highest BCUT2D eigenvalue weighted by Gasteiger charge is 2.11. The van der Waals surface area contributed by atoms with Crippen molar-refractivity contribution in [3.05, 3.63) is 34.5 Å². The molecule has 0 bridgehead atoms. The van der Waals surface area contributed by atoms with E-state index >= 15 is 0 Å². The molecule has 0 atom stereocenters. The predicted molar refractivity (Wildman–Crippen MR) is 94.0 cm³/mol. The third-order valence-electron chi connectivity index (χ3n) is 3.17. The Bertz CT molecular complexity index is 537. The number of rotatable bonds is 6. The summed E-state index contributed by atoms with van der Waals surface area (Å²) in [5.41, 5.74) is 0. The third-order valence-corrected chi connectivity index (χ3v) is 3.67. The molecule has 1 heterocycles. The first-order valence-electron chi connectivity index (χ1n) is 7.43. The summed E-state index contributed by atoms with van der Waals surface area (Å²) in [6, 6.07) is 2.11. The molecule has 1 aromatic heterocycles. The maximum absolute atomic E-state index is 6.06. The number of hydrogen-bond acceptors (Lipinski definition) is 3. The van der Waals surface area contributed by atoms with Crippen LogP contribution >= 0.6 is 23.2 Å². The van der Waals surface area contributed by atoms with E-state index in [2.05, 4.69) is 45.0 Å². The maximum atomic E-state index is 6.06. The third kappa shape index (κ3) is 5.39. The molecule has 3 N–H and O–H groups in total. The van der Waals surface area contributed by atoms with Crippen molar-refractivity contribution >= 4 is 35.0 Å². The summed E-state index contributed by atoms with van der Waals surface area (Å²) in [5.74, 6) is 1.47. The molecule has 7 heteroatoms. The fraction of sp³-hybridized carbons (Fsp3) is 0.467. The molecule has 0 aromatic carbocycles. The lowest BCUT2D eigenvalue weighted by Crippen LogP contribution is -2.42. The van der Waals surface area contributed by atoms with Crippen molar-refractivity contribution in [3.63, 3.8) is 0 Å². The van der Waals surface area contributed by atoms with Crippen LogP contribution in [0.15, 0.2) is 29.4 Å². The first-order chi connectivity index (χ1) is 10.7. The van der Waals surface area contributed by atoms with Crippen molar-refractivity contribution in [1.29, 1.82) is 0 Å². The van der Waals surface area contributed by atoms with Gasteiger partial charge in [-0.3, -0.25) is 4.99 Å². The number of aromatic nitrogens is 1. The van der Waals surface area contributed by atoms with Crippen molar-refractivity contribution in [2.45, 2.75) is 25.8 Å². The van der Waals surface area contributed by atoms with Gasteiger partial charge in [0.25, 0.3) is 0 Å². The summed E-state index contributed by atoms with van der Waals surface area (Å²) in [6.45, 7) is 4.16. The van der Waals surface area contributed by atoms with Gasteiger partial charge in [0, 0.05) is 25.3 Å². The van der Waals surface area contributed by atoms with Gasteiger partial charge in [0.05, 0.1) is 16.6 Å². The van der Waals surface area contributed by atoms with Crippen molar-refractivity contribution < 1.29 is 0 Å². The van der Waals surface area contributed by atoms with Gasteiger partial charge in [-0.1, -0.05) is 35.4 Å². The molecule has 2 rings (SSSR count). The van der Waals surface area contributed by atoms with E-state index in [1.54, 1.807) is 12.3 Å². The van der Waals surface area contributed by atoms with Crippen LogP contribution < -0.4 is 16.0 Å². The van der Waals surface area contributed by atoms with Gasteiger partial charge in [-0.15, -0.1) is 0 Å². The van der Waals surface area contributed by atoms with Crippen molar-refractivity contribution in [2.24, 2.45) is 4.99 Å². The molecule has 22 heavy (non-hydrogen) atoms. The average molecular weight is 342 g/mol. The molecule has 5 nitrogen and oxygen atoms in total. The number of halogens is 2. The summed E-state index contributed by atoms with van der Waals surface area (Å²) < 4.78 is 0. The molecule has 1 aliphatic carbocycles. The molecule has 120 valence electrons. The first kappa shape index (κ1) is 16.9. The Morgan fingerprint density at radius 2 is 2.14 bits per heavy atom. The SMILES string of the molecule is CCNC(=NCCNc1ncc(Cl)cc1Cl)NC1CC=CC1. The monoisotopic (exact) mass is 341 g/mol. The average Bonchev–Trinajstić information content (AvgIpc) is 2.98. The van der Waals surface area contributed by atoms with Gasteiger partial charge in [0.1, 0.15) is 5.82 Å². The van der Waals surface area contributed by atoms with E-state index in [9.17, 15) is 0 Å². The lowest BCUT2D eigenvalue weighted by Gasteiger charge is -2.16. The summed E-state index contributed by atoms with van der Waals surface area (Å²) in [6.07, 6.45) is 8.05. The first-order valence-corrected chi connectivity index (χ1v) is 8.19. The van der Waals surface area contributed by atoms with Crippen LogP contribution in [0.3, 0.4) is 0 Å². The zero-order chi connectivity index (χ0) is 15.8. The highest BCUT2D eigenvalue weighted by molar-refractivity contribution is 6.35. The Morgan fingerprint density at radius 3 is 2.82 bits per heavy atom. The second kappa shape index (κ2) is 8.86. The number of hydrogen-bond donors (Lipinski definition) is 3. The normalized spacial score (nSPS) is 15.1. The Hall–Kier alpha value is -1.46. The Kier molecular flexibility index (Phi) is 6.80. The fourth-order valence-electron chi connectivity index (χ4n) is 2.14. The number of nitrogens with zero attached hydrogens (tertiary/aromatic N) is 2. The Labute approximate surface area is 141 Å². The summed E-state index contributed by atoms with van der Waals surface area (Å²) in [4.78, 5) is 8.70. The number of guanidine groups is 1. The predicted octanol–water partition coefficient (Wildman–Crippen LogP) is 3.07. The minimum absolute atomic E-state index is 0.443. The molecule has 0 amide bonds. The van der Waals surface area contributed by atoms with Crippen molar-refractivity contribution in [3.8, 4) is 0 Å². The largest absolute Gasteiger partial charge is 0.367 e. The lowest BCUT2D eigenvalue weighted by atomic mass is 10.2. The van der Waals surface area contributed by atoms with Crippen LogP contribution in [-0.2, 0) is 0 Å². The smallest absolute Gasteiger partial charge is 0.191 e. The molecular weight excluding hydrogens is 321 g/mol. The van der Waals surface area contributed by atoms with Crippen molar-refractivity contribution in [2.75, 3.05) is 25.0 Å². The van der Waals surface area contributed by atoms with Gasteiger partial charge >= 0.3 is 0 Å². The van der Waals surface area contributed by atoms with E-state index in [0.717, 1.165) is 25.3 Å². The molecular formula is C15H21Cl2N5. The van der Waals surface area contributed by atoms with Crippen LogP contribution in [0.5, 0.6) is 0 Å².